The van der Waals surface area contributed by atoms with Crippen molar-refractivity contribution in [2.24, 2.45) is 0 Å². The Bertz CT molecular complexity index is 1130. The van der Waals surface area contributed by atoms with E-state index in [2.05, 4.69) is 20.2 Å². The van der Waals surface area contributed by atoms with Crippen molar-refractivity contribution in [3.05, 3.63) is 70.5 Å². The number of nitrogens with one attached hydrogen (secondary N) is 1. The average molecular weight is 419 g/mol. The molecule has 0 bridgehead atoms. The first-order chi connectivity index (χ1) is 15.0. The zero-order chi connectivity index (χ0) is 21.8. The van der Waals surface area contributed by atoms with Crippen molar-refractivity contribution in [3.8, 4) is 11.3 Å². The van der Waals surface area contributed by atoms with Gasteiger partial charge in [0.25, 0.3) is 0 Å². The third kappa shape index (κ3) is 4.96. The summed E-state index contributed by atoms with van der Waals surface area (Å²) in [5.74, 6) is 0.601. The van der Waals surface area contributed by atoms with Gasteiger partial charge in [-0.3, -0.25) is 9.36 Å². The molecule has 1 aliphatic heterocycles. The number of anilines is 1. The lowest BCUT2D eigenvalue weighted by molar-refractivity contribution is -0.121. The van der Waals surface area contributed by atoms with E-state index in [4.69, 9.17) is 4.98 Å². The van der Waals surface area contributed by atoms with Gasteiger partial charge in [0.15, 0.2) is 0 Å². The molecule has 4 rings (SSSR count). The molecular formula is C23H26N6O2. The summed E-state index contributed by atoms with van der Waals surface area (Å²) >= 11 is 0. The van der Waals surface area contributed by atoms with Gasteiger partial charge in [0.05, 0.1) is 5.69 Å². The Kier molecular flexibility index (Phi) is 6.06. The van der Waals surface area contributed by atoms with Crippen molar-refractivity contribution in [3.63, 3.8) is 0 Å². The largest absolute Gasteiger partial charge is 0.351 e. The van der Waals surface area contributed by atoms with Gasteiger partial charge in [-0.15, -0.1) is 0 Å². The lowest BCUT2D eigenvalue weighted by atomic mass is 10.1. The predicted octanol–water partition coefficient (Wildman–Crippen LogP) is 2.10. The fourth-order valence-corrected chi connectivity index (χ4v) is 3.89. The number of benzene rings is 1. The summed E-state index contributed by atoms with van der Waals surface area (Å²) < 4.78 is 1.54. The van der Waals surface area contributed by atoms with E-state index in [1.54, 1.807) is 13.1 Å². The lowest BCUT2D eigenvalue weighted by Crippen LogP contribution is -2.38. The molecule has 3 aromatic rings. The molecule has 0 radical (unpaired) electrons. The van der Waals surface area contributed by atoms with E-state index in [1.807, 2.05) is 49.4 Å². The quantitative estimate of drug-likeness (QED) is 0.659. The van der Waals surface area contributed by atoms with Crippen LogP contribution in [0.4, 0.5) is 5.95 Å². The molecule has 2 aromatic heterocycles. The van der Waals surface area contributed by atoms with Crippen molar-refractivity contribution < 1.29 is 4.79 Å². The molecule has 3 heterocycles. The number of aryl methyl sites for hydroxylation is 2. The number of aromatic nitrogens is 4. The molecule has 1 amide bonds. The van der Waals surface area contributed by atoms with Crippen molar-refractivity contribution in [1.29, 1.82) is 0 Å². The Hall–Kier alpha value is -3.55. The molecule has 1 unspecified atom stereocenters. The summed E-state index contributed by atoms with van der Waals surface area (Å²) in [7, 11) is 0. The maximum Gasteiger partial charge on any atom is 0.347 e. The lowest BCUT2D eigenvalue weighted by Gasteiger charge is -2.17. The third-order valence-electron chi connectivity index (χ3n) is 5.46. The van der Waals surface area contributed by atoms with Crippen molar-refractivity contribution >= 4 is 11.9 Å². The van der Waals surface area contributed by atoms with Gasteiger partial charge in [-0.2, -0.15) is 4.98 Å². The van der Waals surface area contributed by atoms with E-state index in [9.17, 15) is 9.59 Å². The van der Waals surface area contributed by atoms with Crippen LogP contribution in [0.3, 0.4) is 0 Å². The Morgan fingerprint density at radius 1 is 1.16 bits per heavy atom. The number of hydrogen-bond donors (Lipinski definition) is 1. The van der Waals surface area contributed by atoms with Crippen LogP contribution in [0.2, 0.25) is 0 Å². The highest BCUT2D eigenvalue weighted by Gasteiger charge is 2.25. The molecule has 0 aliphatic carbocycles. The first kappa shape index (κ1) is 20.7. The van der Waals surface area contributed by atoms with Gasteiger partial charge in [-0.1, -0.05) is 30.3 Å². The summed E-state index contributed by atoms with van der Waals surface area (Å²) in [5.41, 5.74) is 3.12. The van der Waals surface area contributed by atoms with Crippen molar-refractivity contribution in [2.45, 2.75) is 39.3 Å². The highest BCUT2D eigenvalue weighted by Crippen LogP contribution is 2.21. The van der Waals surface area contributed by atoms with Gasteiger partial charge in [-0.05, 0) is 32.4 Å². The zero-order valence-corrected chi connectivity index (χ0v) is 17.8. The normalized spacial score (nSPS) is 15.8. The van der Waals surface area contributed by atoms with Gasteiger partial charge >= 0.3 is 5.69 Å². The molecule has 8 heteroatoms. The summed E-state index contributed by atoms with van der Waals surface area (Å²) in [5, 5.41) is 3.07. The van der Waals surface area contributed by atoms with Gasteiger partial charge in [0.1, 0.15) is 0 Å². The van der Waals surface area contributed by atoms with Gasteiger partial charge in [-0.25, -0.2) is 14.8 Å². The first-order valence-corrected chi connectivity index (χ1v) is 10.5. The van der Waals surface area contributed by atoms with Crippen LogP contribution < -0.4 is 15.9 Å². The third-order valence-corrected chi connectivity index (χ3v) is 5.46. The number of rotatable bonds is 6. The Balaban J connectivity index is 1.33. The second-order valence-electron chi connectivity index (χ2n) is 7.83. The number of carbonyl (C=O) groups excluding carboxylic acids is 1. The molecule has 8 nitrogen and oxygen atoms in total. The zero-order valence-electron chi connectivity index (χ0n) is 17.8. The monoisotopic (exact) mass is 418 g/mol. The molecule has 0 saturated carbocycles. The Morgan fingerprint density at radius 2 is 1.97 bits per heavy atom. The number of nitrogens with zero attached hydrogens (tertiary/aromatic N) is 5. The molecule has 1 N–H and O–H groups in total. The maximum absolute atomic E-state index is 12.4. The van der Waals surface area contributed by atoms with Crippen LogP contribution in [0, 0.1) is 13.8 Å². The summed E-state index contributed by atoms with van der Waals surface area (Å²) in [6, 6.07) is 13.8. The molecule has 1 saturated heterocycles. The molecule has 0 spiro atoms. The average Bonchev–Trinajstić information content (AvgIpc) is 3.22. The van der Waals surface area contributed by atoms with Gasteiger partial charge in [0.2, 0.25) is 11.9 Å². The topological polar surface area (TPSA) is 93.0 Å². The minimum absolute atomic E-state index is 0.0328. The fourth-order valence-electron chi connectivity index (χ4n) is 3.89. The molecular weight excluding hydrogens is 392 g/mol. The molecule has 1 aromatic carbocycles. The summed E-state index contributed by atoms with van der Waals surface area (Å²) in [6.07, 6.45) is 2.84. The van der Waals surface area contributed by atoms with Crippen LogP contribution in [0.5, 0.6) is 0 Å². The van der Waals surface area contributed by atoms with Crippen LogP contribution >= 0.6 is 0 Å². The van der Waals surface area contributed by atoms with Gasteiger partial charge in [0, 0.05) is 55.2 Å². The van der Waals surface area contributed by atoms with E-state index in [1.165, 1.54) is 4.57 Å². The van der Waals surface area contributed by atoms with Crippen molar-refractivity contribution in [2.75, 3.05) is 18.0 Å². The number of carbonyl (C=O) groups is 1. The van der Waals surface area contributed by atoms with Crippen LogP contribution in [0.1, 0.15) is 24.2 Å². The number of hydrogen-bond acceptors (Lipinski definition) is 6. The first-order valence-electron chi connectivity index (χ1n) is 10.5. The maximum atomic E-state index is 12.4. The molecule has 31 heavy (non-hydrogen) atoms. The molecule has 1 fully saturated rings. The second kappa shape index (κ2) is 9.07. The van der Waals surface area contributed by atoms with E-state index in [0.717, 1.165) is 29.9 Å². The fraction of sp³-hybridized carbons (Fsp3) is 0.348. The standard InChI is InChI=1S/C23H26N6O2/c1-16-14-17(2)29(23(31)25-16)13-10-21(30)26-19-9-12-28(15-19)22-24-11-8-20(27-22)18-6-4-3-5-7-18/h3-8,11,14,19H,9-10,12-13,15H2,1-2H3,(H,26,30). The Morgan fingerprint density at radius 3 is 2.74 bits per heavy atom. The summed E-state index contributed by atoms with van der Waals surface area (Å²) in [6.45, 7) is 5.41. The van der Waals surface area contributed by atoms with Gasteiger partial charge < -0.3 is 10.2 Å². The predicted molar refractivity (Wildman–Crippen MR) is 119 cm³/mol. The van der Waals surface area contributed by atoms with Crippen LogP contribution in [0.15, 0.2) is 53.5 Å². The highest BCUT2D eigenvalue weighted by atomic mass is 16.2. The smallest absolute Gasteiger partial charge is 0.347 e. The number of amides is 1. The molecule has 160 valence electrons. The van der Waals surface area contributed by atoms with E-state index >= 15 is 0 Å². The SMILES string of the molecule is Cc1cc(C)n(CCC(=O)NC2CCN(c3nccc(-c4ccccc4)n3)C2)c(=O)n1. The van der Waals surface area contributed by atoms with E-state index in [0.29, 0.717) is 24.7 Å². The summed E-state index contributed by atoms with van der Waals surface area (Å²) in [4.78, 5) is 39.6. The Labute approximate surface area is 181 Å². The minimum Gasteiger partial charge on any atom is -0.351 e. The van der Waals surface area contributed by atoms with Crippen LogP contribution in [-0.4, -0.2) is 44.6 Å². The van der Waals surface area contributed by atoms with E-state index < -0.39 is 0 Å². The van der Waals surface area contributed by atoms with Crippen LogP contribution in [0.25, 0.3) is 11.3 Å². The molecule has 1 aliphatic rings. The highest BCUT2D eigenvalue weighted by molar-refractivity contribution is 5.76. The minimum atomic E-state index is -0.312. The molecule has 1 atom stereocenters. The second-order valence-corrected chi connectivity index (χ2v) is 7.83. The van der Waals surface area contributed by atoms with E-state index in [-0.39, 0.29) is 24.1 Å². The van der Waals surface area contributed by atoms with Crippen LogP contribution in [-0.2, 0) is 11.3 Å². The van der Waals surface area contributed by atoms with Crippen molar-refractivity contribution in [1.82, 2.24) is 24.8 Å².